The minimum Gasteiger partial charge on any atom is -0.392 e. The van der Waals surface area contributed by atoms with Crippen LogP contribution in [-0.4, -0.2) is 50.0 Å². The summed E-state index contributed by atoms with van der Waals surface area (Å²) >= 11 is 0. The molecule has 6 nitrogen and oxygen atoms in total. The summed E-state index contributed by atoms with van der Waals surface area (Å²) in [6.07, 6.45) is 0.668. The van der Waals surface area contributed by atoms with E-state index in [2.05, 4.69) is 5.32 Å². The van der Waals surface area contributed by atoms with Gasteiger partial charge in [-0.3, -0.25) is 4.79 Å². The lowest BCUT2D eigenvalue weighted by Gasteiger charge is -2.29. The van der Waals surface area contributed by atoms with Crippen LogP contribution >= 0.6 is 0 Å². The van der Waals surface area contributed by atoms with Crippen LogP contribution in [0.2, 0.25) is 0 Å². The highest BCUT2D eigenvalue weighted by Gasteiger charge is 2.29. The van der Waals surface area contributed by atoms with Gasteiger partial charge in [0.05, 0.1) is 11.0 Å². The van der Waals surface area contributed by atoms with Crippen molar-refractivity contribution in [2.24, 2.45) is 0 Å². The second kappa shape index (κ2) is 5.90. The molecule has 0 bridgehead atoms. The Hall–Kier alpha value is -1.44. The summed E-state index contributed by atoms with van der Waals surface area (Å²) in [4.78, 5) is 11.6. The molecule has 1 atom stereocenters. The lowest BCUT2D eigenvalue weighted by molar-refractivity contribution is 0.0963. The third kappa shape index (κ3) is 3.00. The minimum atomic E-state index is -3.60. The summed E-state index contributed by atoms with van der Waals surface area (Å²) in [7, 11) is -2.09. The fourth-order valence-electron chi connectivity index (χ4n) is 2.21. The fraction of sp³-hybridized carbons (Fsp3) is 0.462. The van der Waals surface area contributed by atoms with E-state index in [0.717, 1.165) is 0 Å². The van der Waals surface area contributed by atoms with Gasteiger partial charge in [0.2, 0.25) is 10.0 Å². The number of β-amino-alcohol motifs (C(OH)–C–C–N with tert-alkyl or cyclic N) is 1. The Morgan fingerprint density at radius 2 is 2.00 bits per heavy atom. The van der Waals surface area contributed by atoms with Gasteiger partial charge >= 0.3 is 0 Å². The monoisotopic (exact) mass is 298 g/mol. The molecule has 0 aromatic heterocycles. The summed E-state index contributed by atoms with van der Waals surface area (Å²) in [5.74, 6) is -0.262. The lowest BCUT2D eigenvalue weighted by atomic mass is 10.1. The van der Waals surface area contributed by atoms with Gasteiger partial charge in [0.1, 0.15) is 0 Å². The van der Waals surface area contributed by atoms with E-state index in [1.807, 2.05) is 0 Å². The Morgan fingerprint density at radius 1 is 1.35 bits per heavy atom. The van der Waals surface area contributed by atoms with Crippen molar-refractivity contribution in [3.63, 3.8) is 0 Å². The van der Waals surface area contributed by atoms with E-state index in [4.69, 9.17) is 0 Å². The highest BCUT2D eigenvalue weighted by atomic mass is 32.2. The molecule has 1 fully saturated rings. The van der Waals surface area contributed by atoms with Gasteiger partial charge < -0.3 is 10.4 Å². The van der Waals surface area contributed by atoms with Crippen LogP contribution in [0.1, 0.15) is 23.2 Å². The molecule has 0 radical (unpaired) electrons. The molecule has 1 aliphatic heterocycles. The maximum Gasteiger partial charge on any atom is 0.251 e. The fourth-order valence-corrected chi connectivity index (χ4v) is 3.73. The zero-order valence-electron chi connectivity index (χ0n) is 11.2. The molecule has 0 saturated carbocycles. The average molecular weight is 298 g/mol. The van der Waals surface area contributed by atoms with Crippen molar-refractivity contribution in [2.75, 3.05) is 20.1 Å². The average Bonchev–Trinajstić information content (AvgIpc) is 2.46. The molecule has 2 rings (SSSR count). The molecule has 7 heteroatoms. The molecule has 2 N–H and O–H groups in total. The van der Waals surface area contributed by atoms with Crippen molar-refractivity contribution >= 4 is 15.9 Å². The number of carbonyl (C=O) groups excluding carboxylic acids is 1. The van der Waals surface area contributed by atoms with Crippen LogP contribution < -0.4 is 5.32 Å². The highest BCUT2D eigenvalue weighted by Crippen LogP contribution is 2.21. The maximum atomic E-state index is 12.4. The molecule has 110 valence electrons. The van der Waals surface area contributed by atoms with Gasteiger partial charge in [0.15, 0.2) is 0 Å². The van der Waals surface area contributed by atoms with Gasteiger partial charge in [0, 0.05) is 25.7 Å². The van der Waals surface area contributed by atoms with Gasteiger partial charge in [0.25, 0.3) is 5.91 Å². The Balaban J connectivity index is 2.23. The summed E-state index contributed by atoms with van der Waals surface area (Å²) in [5, 5.41) is 12.1. The molecule has 20 heavy (non-hydrogen) atoms. The molecule has 0 aliphatic carbocycles. The second-order valence-corrected chi connectivity index (χ2v) is 6.70. The number of hydrogen-bond acceptors (Lipinski definition) is 4. The minimum absolute atomic E-state index is 0.125. The molecule has 1 aliphatic rings. The van der Waals surface area contributed by atoms with E-state index < -0.39 is 16.1 Å². The quantitative estimate of drug-likeness (QED) is 0.834. The summed E-state index contributed by atoms with van der Waals surface area (Å²) < 4.78 is 26.1. The molecule has 1 aromatic carbocycles. The normalized spacial score (nSPS) is 20.6. The second-order valence-electron chi connectivity index (χ2n) is 4.76. The van der Waals surface area contributed by atoms with Crippen molar-refractivity contribution in [2.45, 2.75) is 23.8 Å². The summed E-state index contributed by atoms with van der Waals surface area (Å²) in [5.41, 5.74) is 0.408. The number of benzene rings is 1. The number of aliphatic hydroxyl groups is 1. The molecule has 1 unspecified atom stereocenters. The smallest absolute Gasteiger partial charge is 0.251 e. The van der Waals surface area contributed by atoms with Gasteiger partial charge in [-0.25, -0.2) is 8.42 Å². The van der Waals surface area contributed by atoms with E-state index >= 15 is 0 Å². The van der Waals surface area contributed by atoms with Crippen LogP contribution in [0.3, 0.4) is 0 Å². The lowest BCUT2D eigenvalue weighted by Crippen LogP contribution is -2.42. The van der Waals surface area contributed by atoms with Gasteiger partial charge in [-0.15, -0.1) is 0 Å². The van der Waals surface area contributed by atoms with E-state index in [1.54, 1.807) is 0 Å². The zero-order valence-corrected chi connectivity index (χ0v) is 12.1. The first-order valence-corrected chi connectivity index (χ1v) is 7.89. The molecule has 1 heterocycles. The van der Waals surface area contributed by atoms with Crippen molar-refractivity contribution in [3.05, 3.63) is 29.8 Å². The number of amides is 1. The van der Waals surface area contributed by atoms with Crippen LogP contribution in [0, 0.1) is 0 Å². The van der Waals surface area contributed by atoms with E-state index in [0.29, 0.717) is 24.9 Å². The number of piperidine rings is 1. The standard InChI is InChI=1S/C13H18N2O4S/c1-14-13(17)10-4-6-12(7-5-10)20(18,19)15-8-2-3-11(16)9-15/h4-7,11,16H,2-3,8-9H2,1H3,(H,14,17). The topological polar surface area (TPSA) is 86.7 Å². The number of nitrogens with one attached hydrogen (secondary N) is 1. The van der Waals surface area contributed by atoms with Crippen molar-refractivity contribution < 1.29 is 18.3 Å². The number of aliphatic hydroxyl groups excluding tert-OH is 1. The number of hydrogen-bond donors (Lipinski definition) is 2. The highest BCUT2D eigenvalue weighted by molar-refractivity contribution is 7.89. The molecule has 0 spiro atoms. The predicted octanol–water partition coefficient (Wildman–Crippen LogP) is 0.192. The van der Waals surface area contributed by atoms with E-state index in [9.17, 15) is 18.3 Å². The molecular formula is C13H18N2O4S. The Kier molecular flexibility index (Phi) is 4.42. The third-order valence-electron chi connectivity index (χ3n) is 3.34. The SMILES string of the molecule is CNC(=O)c1ccc(S(=O)(=O)N2CCCC(O)C2)cc1. The predicted molar refractivity (Wildman–Crippen MR) is 73.8 cm³/mol. The maximum absolute atomic E-state index is 12.4. The number of carbonyl (C=O) groups is 1. The zero-order chi connectivity index (χ0) is 14.8. The third-order valence-corrected chi connectivity index (χ3v) is 5.22. The number of nitrogens with zero attached hydrogens (tertiary/aromatic N) is 1. The summed E-state index contributed by atoms with van der Waals surface area (Å²) in [6.45, 7) is 0.538. The van der Waals surface area contributed by atoms with Crippen LogP contribution in [-0.2, 0) is 10.0 Å². The van der Waals surface area contributed by atoms with Crippen LogP contribution in [0.25, 0.3) is 0 Å². The van der Waals surface area contributed by atoms with Crippen molar-refractivity contribution in [1.29, 1.82) is 0 Å². The summed E-state index contributed by atoms with van der Waals surface area (Å²) in [6, 6.07) is 5.79. The number of rotatable bonds is 3. The van der Waals surface area contributed by atoms with Crippen LogP contribution in [0.15, 0.2) is 29.2 Å². The first-order chi connectivity index (χ1) is 9.45. The first-order valence-electron chi connectivity index (χ1n) is 6.45. The number of sulfonamides is 1. The van der Waals surface area contributed by atoms with Gasteiger partial charge in [-0.05, 0) is 37.1 Å². The van der Waals surface area contributed by atoms with Gasteiger partial charge in [-0.2, -0.15) is 4.31 Å². The van der Waals surface area contributed by atoms with E-state index in [-0.39, 0.29) is 17.3 Å². The Labute approximate surface area is 118 Å². The van der Waals surface area contributed by atoms with Crippen LogP contribution in [0.4, 0.5) is 0 Å². The van der Waals surface area contributed by atoms with Crippen molar-refractivity contribution in [1.82, 2.24) is 9.62 Å². The molecular weight excluding hydrogens is 280 g/mol. The Morgan fingerprint density at radius 3 is 2.55 bits per heavy atom. The molecule has 1 amide bonds. The first kappa shape index (κ1) is 15.0. The Bertz CT molecular complexity index is 583. The molecule has 1 aromatic rings. The van der Waals surface area contributed by atoms with Crippen LogP contribution in [0.5, 0.6) is 0 Å². The van der Waals surface area contributed by atoms with Crippen molar-refractivity contribution in [3.8, 4) is 0 Å². The molecule has 1 saturated heterocycles. The van der Waals surface area contributed by atoms with Gasteiger partial charge in [-0.1, -0.05) is 0 Å². The van der Waals surface area contributed by atoms with E-state index in [1.165, 1.54) is 35.6 Å². The largest absolute Gasteiger partial charge is 0.392 e.